The number of hydrogen-bond donors (Lipinski definition) is 0. The summed E-state index contributed by atoms with van der Waals surface area (Å²) in [6.45, 7) is 0. The molecule has 0 saturated heterocycles. The first-order valence-corrected chi connectivity index (χ1v) is 8.80. The molecule has 134 valence electrons. The maximum Gasteiger partial charge on any atom is 0.235 e. The van der Waals surface area contributed by atoms with Gasteiger partial charge in [-0.25, -0.2) is 9.97 Å². The highest BCUT2D eigenvalue weighted by Crippen LogP contribution is 2.34. The Morgan fingerprint density at radius 1 is 0.750 bits per heavy atom. The monoisotopic (exact) mass is 366 g/mol. The quantitative estimate of drug-likeness (QED) is 0.439. The lowest BCUT2D eigenvalue weighted by molar-refractivity contribution is 0.446. The standard InChI is InChI=1S/C23H14N2O3/c26-20-17-11-5-7-13-19(17)27-21(15-8-2-1-3-9-15)22(20)28-23-16-10-4-6-12-18(16)24-14-25-23/h1-14H. The smallest absolute Gasteiger partial charge is 0.235 e. The van der Waals surface area contributed by atoms with Gasteiger partial charge in [0.2, 0.25) is 17.1 Å². The number of hydrogen-bond acceptors (Lipinski definition) is 5. The van der Waals surface area contributed by atoms with Crippen LogP contribution in [0.5, 0.6) is 11.6 Å². The Bertz CT molecular complexity index is 1360. The van der Waals surface area contributed by atoms with Gasteiger partial charge in [-0.05, 0) is 24.3 Å². The van der Waals surface area contributed by atoms with Gasteiger partial charge in [0.25, 0.3) is 0 Å². The highest BCUT2D eigenvalue weighted by molar-refractivity contribution is 5.85. The zero-order valence-corrected chi connectivity index (χ0v) is 14.7. The summed E-state index contributed by atoms with van der Waals surface area (Å²) in [7, 11) is 0. The fourth-order valence-electron chi connectivity index (χ4n) is 3.16. The third-order valence-electron chi connectivity index (χ3n) is 4.50. The van der Waals surface area contributed by atoms with Gasteiger partial charge < -0.3 is 9.15 Å². The van der Waals surface area contributed by atoms with E-state index >= 15 is 0 Å². The van der Waals surface area contributed by atoms with Crippen LogP contribution in [0.4, 0.5) is 0 Å². The van der Waals surface area contributed by atoms with Gasteiger partial charge in [-0.3, -0.25) is 4.79 Å². The molecule has 0 N–H and O–H groups in total. The van der Waals surface area contributed by atoms with E-state index in [1.54, 1.807) is 18.2 Å². The molecule has 5 heteroatoms. The van der Waals surface area contributed by atoms with E-state index in [0.29, 0.717) is 22.6 Å². The van der Waals surface area contributed by atoms with Gasteiger partial charge in [-0.2, -0.15) is 0 Å². The topological polar surface area (TPSA) is 65.2 Å². The number of fused-ring (bicyclic) bond motifs is 2. The summed E-state index contributed by atoms with van der Waals surface area (Å²) in [6.07, 6.45) is 1.42. The van der Waals surface area contributed by atoms with Crippen molar-refractivity contribution in [3.05, 3.63) is 95.4 Å². The Balaban J connectivity index is 1.78. The molecule has 2 heterocycles. The highest BCUT2D eigenvalue weighted by atomic mass is 16.5. The summed E-state index contributed by atoms with van der Waals surface area (Å²) in [5.74, 6) is 0.783. The van der Waals surface area contributed by atoms with Gasteiger partial charge in [0.15, 0.2) is 5.76 Å². The van der Waals surface area contributed by atoms with E-state index in [-0.39, 0.29) is 11.2 Å². The Hall–Kier alpha value is -3.99. The molecular formula is C23H14N2O3. The van der Waals surface area contributed by atoms with Gasteiger partial charge in [-0.1, -0.05) is 54.6 Å². The fraction of sp³-hybridized carbons (Fsp3) is 0. The van der Waals surface area contributed by atoms with Crippen molar-refractivity contribution in [3.8, 4) is 23.0 Å². The molecule has 0 radical (unpaired) electrons. The average Bonchev–Trinajstić information content (AvgIpc) is 2.76. The number of para-hydroxylation sites is 2. The van der Waals surface area contributed by atoms with Crippen molar-refractivity contribution < 1.29 is 9.15 Å². The lowest BCUT2D eigenvalue weighted by Gasteiger charge is -2.12. The third-order valence-corrected chi connectivity index (χ3v) is 4.50. The minimum atomic E-state index is -0.247. The largest absolute Gasteiger partial charge is 0.452 e. The Kier molecular flexibility index (Phi) is 3.84. The number of ether oxygens (including phenoxy) is 1. The molecule has 0 aliphatic rings. The van der Waals surface area contributed by atoms with Crippen LogP contribution in [0.2, 0.25) is 0 Å². The van der Waals surface area contributed by atoms with Crippen LogP contribution < -0.4 is 10.2 Å². The maximum atomic E-state index is 13.2. The van der Waals surface area contributed by atoms with E-state index in [1.807, 2.05) is 60.7 Å². The molecule has 0 aliphatic heterocycles. The Morgan fingerprint density at radius 3 is 2.32 bits per heavy atom. The molecule has 0 unspecified atom stereocenters. The van der Waals surface area contributed by atoms with Crippen molar-refractivity contribution in [3.63, 3.8) is 0 Å². The minimum absolute atomic E-state index is 0.105. The predicted octanol–water partition coefficient (Wildman–Crippen LogP) is 5.20. The van der Waals surface area contributed by atoms with Gasteiger partial charge in [0.05, 0.1) is 16.3 Å². The van der Waals surface area contributed by atoms with Crippen LogP contribution in [-0.2, 0) is 0 Å². The lowest BCUT2D eigenvalue weighted by Crippen LogP contribution is -2.08. The molecule has 2 aromatic heterocycles. The molecule has 0 saturated carbocycles. The van der Waals surface area contributed by atoms with Crippen molar-refractivity contribution in [2.24, 2.45) is 0 Å². The predicted molar refractivity (Wildman–Crippen MR) is 108 cm³/mol. The second-order valence-electron chi connectivity index (χ2n) is 6.25. The van der Waals surface area contributed by atoms with Crippen molar-refractivity contribution in [1.82, 2.24) is 9.97 Å². The van der Waals surface area contributed by atoms with Crippen LogP contribution >= 0.6 is 0 Å². The van der Waals surface area contributed by atoms with Gasteiger partial charge >= 0.3 is 0 Å². The van der Waals surface area contributed by atoms with Crippen LogP contribution in [0.15, 0.2) is 94.4 Å². The highest BCUT2D eigenvalue weighted by Gasteiger charge is 2.19. The SMILES string of the molecule is O=c1c(Oc2ncnc3ccccc23)c(-c2ccccc2)oc2ccccc12. The molecule has 0 fully saturated rings. The first-order chi connectivity index (χ1) is 13.8. The summed E-state index contributed by atoms with van der Waals surface area (Å²) in [5.41, 5.74) is 1.74. The second kappa shape index (κ2) is 6.63. The first kappa shape index (κ1) is 16.2. The lowest BCUT2D eigenvalue weighted by atomic mass is 10.1. The molecule has 0 amide bonds. The molecule has 0 aliphatic carbocycles. The molecule has 0 bridgehead atoms. The van der Waals surface area contributed by atoms with Gasteiger partial charge in [0.1, 0.15) is 11.9 Å². The van der Waals surface area contributed by atoms with E-state index in [2.05, 4.69) is 9.97 Å². The molecule has 3 aromatic carbocycles. The fourth-order valence-corrected chi connectivity index (χ4v) is 3.16. The molecule has 28 heavy (non-hydrogen) atoms. The van der Waals surface area contributed by atoms with Crippen molar-refractivity contribution in [2.75, 3.05) is 0 Å². The number of benzene rings is 3. The van der Waals surface area contributed by atoms with E-state index < -0.39 is 0 Å². The average molecular weight is 366 g/mol. The summed E-state index contributed by atoms with van der Waals surface area (Å²) >= 11 is 0. The zero-order chi connectivity index (χ0) is 18.9. The second-order valence-corrected chi connectivity index (χ2v) is 6.25. The Labute approximate surface area is 159 Å². The van der Waals surface area contributed by atoms with E-state index in [9.17, 15) is 4.79 Å². The van der Waals surface area contributed by atoms with Crippen LogP contribution in [0.1, 0.15) is 0 Å². The Morgan fingerprint density at radius 2 is 1.46 bits per heavy atom. The molecule has 5 rings (SSSR count). The summed E-state index contributed by atoms with van der Waals surface area (Å²) in [6, 6.07) is 24.0. The van der Waals surface area contributed by atoms with E-state index in [0.717, 1.165) is 16.5 Å². The number of aromatic nitrogens is 2. The first-order valence-electron chi connectivity index (χ1n) is 8.80. The molecule has 5 aromatic rings. The zero-order valence-electron chi connectivity index (χ0n) is 14.7. The van der Waals surface area contributed by atoms with Crippen LogP contribution in [-0.4, -0.2) is 9.97 Å². The molecule has 0 spiro atoms. The summed E-state index contributed by atoms with van der Waals surface area (Å²) in [5, 5.41) is 1.17. The van der Waals surface area contributed by atoms with Crippen LogP contribution in [0, 0.1) is 0 Å². The summed E-state index contributed by atoms with van der Waals surface area (Å²) < 4.78 is 12.1. The summed E-state index contributed by atoms with van der Waals surface area (Å²) in [4.78, 5) is 21.7. The van der Waals surface area contributed by atoms with Crippen molar-refractivity contribution >= 4 is 21.9 Å². The van der Waals surface area contributed by atoms with Crippen LogP contribution in [0.25, 0.3) is 33.2 Å². The van der Waals surface area contributed by atoms with Crippen molar-refractivity contribution in [1.29, 1.82) is 0 Å². The minimum Gasteiger partial charge on any atom is -0.452 e. The van der Waals surface area contributed by atoms with Crippen LogP contribution in [0.3, 0.4) is 0 Å². The molecular weight excluding hydrogens is 352 g/mol. The third kappa shape index (κ3) is 2.70. The molecule has 5 nitrogen and oxygen atoms in total. The van der Waals surface area contributed by atoms with E-state index in [4.69, 9.17) is 9.15 Å². The van der Waals surface area contributed by atoms with Gasteiger partial charge in [-0.15, -0.1) is 0 Å². The number of nitrogens with zero attached hydrogens (tertiary/aromatic N) is 2. The van der Waals surface area contributed by atoms with E-state index in [1.165, 1.54) is 6.33 Å². The maximum absolute atomic E-state index is 13.2. The van der Waals surface area contributed by atoms with Crippen molar-refractivity contribution in [2.45, 2.75) is 0 Å². The normalized spacial score (nSPS) is 11.0. The molecule has 0 atom stereocenters. The number of rotatable bonds is 3. The van der Waals surface area contributed by atoms with Gasteiger partial charge in [0, 0.05) is 5.56 Å².